The minimum Gasteiger partial charge on any atom is -0.497 e. The van der Waals surface area contributed by atoms with E-state index in [0.29, 0.717) is 34.8 Å². The van der Waals surface area contributed by atoms with Crippen LogP contribution in [0.3, 0.4) is 0 Å². The average molecular weight is 425 g/mol. The zero-order valence-corrected chi connectivity index (χ0v) is 18.4. The van der Waals surface area contributed by atoms with Gasteiger partial charge in [-0.15, -0.1) is 0 Å². The number of carbonyl (C=O) groups excluding carboxylic acids is 2. The molecule has 5 nitrogen and oxygen atoms in total. The number of fused-ring (bicyclic) bond motifs is 1. The molecule has 0 unspecified atom stereocenters. The largest absolute Gasteiger partial charge is 0.497 e. The van der Waals surface area contributed by atoms with Crippen molar-refractivity contribution in [3.63, 3.8) is 0 Å². The Balaban J connectivity index is 1.68. The molecule has 3 aromatic carbocycles. The van der Waals surface area contributed by atoms with E-state index in [-0.39, 0.29) is 11.8 Å². The molecule has 0 saturated carbocycles. The minimum absolute atomic E-state index is 0.289. The van der Waals surface area contributed by atoms with Crippen molar-refractivity contribution in [1.29, 1.82) is 0 Å². The lowest BCUT2D eigenvalue weighted by Gasteiger charge is -2.22. The van der Waals surface area contributed by atoms with Gasteiger partial charge in [-0.25, -0.2) is 4.90 Å². The van der Waals surface area contributed by atoms with Crippen LogP contribution in [-0.4, -0.2) is 25.5 Å². The lowest BCUT2D eigenvalue weighted by atomic mass is 10.0. The lowest BCUT2D eigenvalue weighted by Crippen LogP contribution is -2.35. The Labute approximate surface area is 187 Å². The first-order valence-electron chi connectivity index (χ1n) is 10.7. The van der Waals surface area contributed by atoms with Crippen LogP contribution in [0.2, 0.25) is 0 Å². The summed E-state index contributed by atoms with van der Waals surface area (Å²) in [6.07, 6.45) is 0.834. The fourth-order valence-electron chi connectivity index (χ4n) is 4.67. The summed E-state index contributed by atoms with van der Waals surface area (Å²) in [5, 5.41) is 0. The van der Waals surface area contributed by atoms with E-state index < -0.39 is 0 Å². The molecule has 3 aromatic rings. The second-order valence-electron chi connectivity index (χ2n) is 8.27. The van der Waals surface area contributed by atoms with Gasteiger partial charge in [0.05, 0.1) is 18.4 Å². The predicted octanol–water partition coefficient (Wildman–Crippen LogP) is 4.66. The molecule has 0 aliphatic carbocycles. The summed E-state index contributed by atoms with van der Waals surface area (Å²) in [6, 6.07) is 21.2. The fourth-order valence-corrected chi connectivity index (χ4v) is 4.67. The fraction of sp³-hybridized carbons (Fsp3) is 0.185. The summed E-state index contributed by atoms with van der Waals surface area (Å²) >= 11 is 0. The number of benzene rings is 3. The summed E-state index contributed by atoms with van der Waals surface area (Å²) in [6.45, 7) is 4.60. The maximum atomic E-state index is 13.8. The molecule has 0 aromatic heterocycles. The summed E-state index contributed by atoms with van der Waals surface area (Å²) in [4.78, 5) is 30.9. The second kappa shape index (κ2) is 7.68. The molecule has 0 spiro atoms. The van der Waals surface area contributed by atoms with Crippen LogP contribution in [0.4, 0.5) is 11.4 Å². The number of carbonyl (C=O) groups is 2. The number of hydrogen-bond acceptors (Lipinski definition) is 4. The average Bonchev–Trinajstić information content (AvgIpc) is 3.31. The number of methoxy groups -OCH3 is 1. The van der Waals surface area contributed by atoms with E-state index in [1.54, 1.807) is 7.11 Å². The highest BCUT2D eigenvalue weighted by Crippen LogP contribution is 2.40. The van der Waals surface area contributed by atoms with Crippen LogP contribution in [0.15, 0.2) is 72.4 Å². The first kappa shape index (κ1) is 20.1. The second-order valence-corrected chi connectivity index (χ2v) is 8.27. The normalized spacial score (nSPS) is 15.6. The van der Waals surface area contributed by atoms with Gasteiger partial charge in [-0.2, -0.15) is 0 Å². The number of rotatable bonds is 4. The van der Waals surface area contributed by atoms with Crippen molar-refractivity contribution in [2.75, 3.05) is 23.5 Å². The quantitative estimate of drug-likeness (QED) is 0.572. The van der Waals surface area contributed by atoms with E-state index in [4.69, 9.17) is 4.74 Å². The Kier molecular flexibility index (Phi) is 4.82. The molecular weight excluding hydrogens is 400 g/mol. The number of aryl methyl sites for hydroxylation is 2. The molecule has 160 valence electrons. The van der Waals surface area contributed by atoms with Gasteiger partial charge >= 0.3 is 0 Å². The molecule has 5 rings (SSSR count). The SMILES string of the molecule is COc1ccc(C2=C(N3CCc4ccccc43)C(=O)N(c3cc(C)cc(C)c3)C2=O)cc1. The number of amides is 2. The topological polar surface area (TPSA) is 49.9 Å². The third-order valence-electron chi connectivity index (χ3n) is 6.06. The Bertz CT molecular complexity index is 1250. The van der Waals surface area contributed by atoms with Crippen molar-refractivity contribution in [1.82, 2.24) is 0 Å². The molecule has 2 aliphatic rings. The van der Waals surface area contributed by atoms with Gasteiger partial charge in [0, 0.05) is 12.2 Å². The number of anilines is 2. The number of hydrogen-bond donors (Lipinski definition) is 0. The van der Waals surface area contributed by atoms with Gasteiger partial charge in [-0.05, 0) is 72.9 Å². The molecule has 2 heterocycles. The molecular formula is C27H24N2O3. The molecule has 0 atom stereocenters. The number of para-hydroxylation sites is 1. The van der Waals surface area contributed by atoms with Crippen molar-refractivity contribution in [2.45, 2.75) is 20.3 Å². The van der Waals surface area contributed by atoms with Crippen LogP contribution in [0.25, 0.3) is 5.57 Å². The van der Waals surface area contributed by atoms with E-state index in [2.05, 4.69) is 6.07 Å². The van der Waals surface area contributed by atoms with Gasteiger partial charge < -0.3 is 9.64 Å². The monoisotopic (exact) mass is 424 g/mol. The molecule has 0 radical (unpaired) electrons. The van der Waals surface area contributed by atoms with E-state index in [0.717, 1.165) is 23.2 Å². The first-order chi connectivity index (χ1) is 15.5. The third kappa shape index (κ3) is 3.17. The third-order valence-corrected chi connectivity index (χ3v) is 6.06. The molecule has 5 heteroatoms. The molecule has 0 fully saturated rings. The zero-order chi connectivity index (χ0) is 22.4. The highest BCUT2D eigenvalue weighted by molar-refractivity contribution is 6.46. The van der Waals surface area contributed by atoms with Crippen molar-refractivity contribution in [3.8, 4) is 5.75 Å². The number of imide groups is 1. The van der Waals surface area contributed by atoms with Gasteiger partial charge in [0.1, 0.15) is 11.4 Å². The van der Waals surface area contributed by atoms with Crippen molar-refractivity contribution in [3.05, 3.63) is 94.7 Å². The maximum absolute atomic E-state index is 13.8. The first-order valence-corrected chi connectivity index (χ1v) is 10.7. The summed E-state index contributed by atoms with van der Waals surface area (Å²) < 4.78 is 5.28. The Morgan fingerprint density at radius 2 is 1.53 bits per heavy atom. The predicted molar refractivity (Wildman–Crippen MR) is 126 cm³/mol. The van der Waals surface area contributed by atoms with Crippen molar-refractivity contribution < 1.29 is 14.3 Å². The standard InChI is InChI=1S/C27H24N2O3/c1-17-14-18(2)16-21(15-17)29-26(30)24(20-8-10-22(32-3)11-9-20)25(27(29)31)28-13-12-19-6-4-5-7-23(19)28/h4-11,14-16H,12-13H2,1-3H3. The summed E-state index contributed by atoms with van der Waals surface area (Å²) in [5.74, 6) is 0.109. The number of ether oxygens (including phenoxy) is 1. The van der Waals surface area contributed by atoms with Gasteiger partial charge in [0.25, 0.3) is 11.8 Å². The minimum atomic E-state index is -0.301. The lowest BCUT2D eigenvalue weighted by molar-refractivity contribution is -0.120. The van der Waals surface area contributed by atoms with Gasteiger partial charge in [-0.1, -0.05) is 36.4 Å². The Morgan fingerprint density at radius 1 is 0.844 bits per heavy atom. The summed E-state index contributed by atoms with van der Waals surface area (Å²) in [5.41, 5.74) is 6.34. The summed E-state index contributed by atoms with van der Waals surface area (Å²) in [7, 11) is 1.60. The molecule has 32 heavy (non-hydrogen) atoms. The van der Waals surface area contributed by atoms with Crippen LogP contribution in [0, 0.1) is 13.8 Å². The molecule has 0 saturated heterocycles. The van der Waals surface area contributed by atoms with Gasteiger partial charge in [0.15, 0.2) is 0 Å². The van der Waals surface area contributed by atoms with Crippen LogP contribution >= 0.6 is 0 Å². The van der Waals surface area contributed by atoms with Gasteiger partial charge in [-0.3, -0.25) is 9.59 Å². The maximum Gasteiger partial charge on any atom is 0.282 e. The van der Waals surface area contributed by atoms with Crippen molar-refractivity contribution >= 4 is 28.8 Å². The van der Waals surface area contributed by atoms with E-state index in [1.807, 2.05) is 79.4 Å². The highest BCUT2D eigenvalue weighted by Gasteiger charge is 2.44. The van der Waals surface area contributed by atoms with E-state index in [9.17, 15) is 9.59 Å². The molecule has 0 N–H and O–H groups in total. The molecule has 2 amide bonds. The van der Waals surface area contributed by atoms with Crippen LogP contribution in [0.1, 0.15) is 22.3 Å². The van der Waals surface area contributed by atoms with Crippen molar-refractivity contribution in [2.24, 2.45) is 0 Å². The molecule has 0 bridgehead atoms. The highest BCUT2D eigenvalue weighted by atomic mass is 16.5. The Hall–Kier alpha value is -3.86. The van der Waals surface area contributed by atoms with Crippen LogP contribution < -0.4 is 14.5 Å². The van der Waals surface area contributed by atoms with Crippen LogP contribution in [-0.2, 0) is 16.0 Å². The van der Waals surface area contributed by atoms with E-state index in [1.165, 1.54) is 10.5 Å². The number of nitrogens with zero attached hydrogens (tertiary/aromatic N) is 2. The Morgan fingerprint density at radius 3 is 2.22 bits per heavy atom. The zero-order valence-electron chi connectivity index (χ0n) is 18.4. The van der Waals surface area contributed by atoms with Gasteiger partial charge in [0.2, 0.25) is 0 Å². The van der Waals surface area contributed by atoms with E-state index >= 15 is 0 Å². The molecule has 2 aliphatic heterocycles. The van der Waals surface area contributed by atoms with Crippen LogP contribution in [0.5, 0.6) is 5.75 Å². The smallest absolute Gasteiger partial charge is 0.282 e.